The van der Waals surface area contributed by atoms with Crippen molar-refractivity contribution in [2.45, 2.75) is 31.8 Å². The van der Waals surface area contributed by atoms with Gasteiger partial charge < -0.3 is 4.90 Å². The third-order valence-corrected chi connectivity index (χ3v) is 4.21. The second-order valence-electron chi connectivity index (χ2n) is 5.89. The topological polar surface area (TPSA) is 80.1 Å². The van der Waals surface area contributed by atoms with Gasteiger partial charge in [-0.2, -0.15) is 10.1 Å². The fourth-order valence-electron chi connectivity index (χ4n) is 2.88. The molecule has 0 bridgehead atoms. The molecule has 25 heavy (non-hydrogen) atoms. The Morgan fingerprint density at radius 1 is 1.40 bits per heavy atom. The monoisotopic (exact) mass is 349 g/mol. The van der Waals surface area contributed by atoms with E-state index >= 15 is 0 Å². The van der Waals surface area contributed by atoms with E-state index < -0.39 is 11.6 Å². The maximum Gasteiger partial charge on any atom is 0.228 e. The van der Waals surface area contributed by atoms with Gasteiger partial charge in [-0.15, -0.1) is 0 Å². The molecule has 0 saturated carbocycles. The molecule has 1 aromatic carbocycles. The summed E-state index contributed by atoms with van der Waals surface area (Å²) in [6.45, 7) is -0.0651. The minimum absolute atomic E-state index is 0.0511. The van der Waals surface area contributed by atoms with E-state index in [2.05, 4.69) is 15.4 Å². The van der Waals surface area contributed by atoms with Gasteiger partial charge in [0, 0.05) is 38.0 Å². The molecular weight excluding hydrogens is 332 g/mol. The average Bonchev–Trinajstić information content (AvgIpc) is 3.12. The predicted octanol–water partition coefficient (Wildman–Crippen LogP) is 1.61. The van der Waals surface area contributed by atoms with Gasteiger partial charge in [0.2, 0.25) is 17.8 Å². The molecular formula is C16H17F2N5O2. The van der Waals surface area contributed by atoms with Crippen molar-refractivity contribution in [2.75, 3.05) is 5.32 Å². The Kier molecular flexibility index (Phi) is 4.73. The Balaban J connectivity index is 1.68. The number of benzene rings is 1. The van der Waals surface area contributed by atoms with Crippen LogP contribution in [-0.4, -0.2) is 37.5 Å². The summed E-state index contributed by atoms with van der Waals surface area (Å²) < 4.78 is 28.6. The lowest BCUT2D eigenvalue weighted by Crippen LogP contribution is -2.35. The standard InChI is InChI=1S/C16H17F2N5O2/c1-22-16(19-9-20-22)21-13(24)7-11-5-6-14(25)23(11)8-10-3-2-4-12(17)15(10)18/h2-4,9,11H,5-8H2,1H3,(H,19,20,21,24). The molecule has 1 aliphatic rings. The Hall–Kier alpha value is -2.84. The molecule has 1 aliphatic heterocycles. The van der Waals surface area contributed by atoms with Gasteiger partial charge in [0.1, 0.15) is 6.33 Å². The smallest absolute Gasteiger partial charge is 0.228 e. The fraction of sp³-hybridized carbons (Fsp3) is 0.375. The van der Waals surface area contributed by atoms with Crippen LogP contribution < -0.4 is 5.32 Å². The predicted molar refractivity (Wildman–Crippen MR) is 84.2 cm³/mol. The van der Waals surface area contributed by atoms with Crippen LogP contribution in [0.2, 0.25) is 0 Å². The number of halogens is 2. The zero-order valence-corrected chi connectivity index (χ0v) is 13.6. The third-order valence-electron chi connectivity index (χ3n) is 4.21. The largest absolute Gasteiger partial charge is 0.335 e. The summed E-state index contributed by atoms with van der Waals surface area (Å²) in [6.07, 6.45) is 2.13. The quantitative estimate of drug-likeness (QED) is 0.889. The molecule has 9 heteroatoms. The average molecular weight is 349 g/mol. The van der Waals surface area contributed by atoms with Gasteiger partial charge in [-0.1, -0.05) is 12.1 Å². The lowest BCUT2D eigenvalue weighted by molar-refractivity contribution is -0.130. The van der Waals surface area contributed by atoms with Crippen LogP contribution in [0.15, 0.2) is 24.5 Å². The van der Waals surface area contributed by atoms with Crippen LogP contribution in [0.4, 0.5) is 14.7 Å². The molecule has 2 amide bonds. The maximum atomic E-state index is 13.9. The van der Waals surface area contributed by atoms with E-state index in [0.717, 1.165) is 6.07 Å². The highest BCUT2D eigenvalue weighted by atomic mass is 19.2. The lowest BCUT2D eigenvalue weighted by Gasteiger charge is -2.24. The van der Waals surface area contributed by atoms with Crippen molar-refractivity contribution in [1.29, 1.82) is 0 Å². The van der Waals surface area contributed by atoms with E-state index in [4.69, 9.17) is 0 Å². The number of nitrogens with one attached hydrogen (secondary N) is 1. The SMILES string of the molecule is Cn1ncnc1NC(=O)CC1CCC(=O)N1Cc1cccc(F)c1F. The normalized spacial score (nSPS) is 17.2. The molecule has 1 atom stereocenters. The molecule has 2 heterocycles. The molecule has 3 rings (SSSR count). The van der Waals surface area contributed by atoms with Gasteiger partial charge in [0.05, 0.1) is 0 Å². The minimum Gasteiger partial charge on any atom is -0.335 e. The van der Waals surface area contributed by atoms with Crippen LogP contribution in [0.5, 0.6) is 0 Å². The summed E-state index contributed by atoms with van der Waals surface area (Å²) in [4.78, 5) is 29.6. The molecule has 1 N–H and O–H groups in total. The molecule has 132 valence electrons. The third kappa shape index (κ3) is 3.65. The molecule has 7 nitrogen and oxygen atoms in total. The summed E-state index contributed by atoms with van der Waals surface area (Å²) in [6, 6.07) is 3.48. The first-order valence-electron chi connectivity index (χ1n) is 7.82. The Morgan fingerprint density at radius 3 is 2.92 bits per heavy atom. The van der Waals surface area contributed by atoms with Crippen LogP contribution in [0.3, 0.4) is 0 Å². The van der Waals surface area contributed by atoms with Gasteiger partial charge >= 0.3 is 0 Å². The van der Waals surface area contributed by atoms with Crippen LogP contribution in [-0.2, 0) is 23.2 Å². The molecule has 1 fully saturated rings. The van der Waals surface area contributed by atoms with Crippen molar-refractivity contribution in [2.24, 2.45) is 7.05 Å². The molecule has 1 unspecified atom stereocenters. The van der Waals surface area contributed by atoms with Gasteiger partial charge in [-0.25, -0.2) is 13.5 Å². The van der Waals surface area contributed by atoms with E-state index in [9.17, 15) is 18.4 Å². The summed E-state index contributed by atoms with van der Waals surface area (Å²) in [7, 11) is 1.64. The van der Waals surface area contributed by atoms with Crippen LogP contribution in [0.25, 0.3) is 0 Å². The van der Waals surface area contributed by atoms with Crippen molar-refractivity contribution < 1.29 is 18.4 Å². The molecule has 1 aromatic heterocycles. The number of carbonyl (C=O) groups is 2. The summed E-state index contributed by atoms with van der Waals surface area (Å²) in [5.41, 5.74) is 0.0916. The Bertz CT molecular complexity index is 808. The number of carbonyl (C=O) groups excluding carboxylic acids is 2. The number of nitrogens with zero attached hydrogens (tertiary/aromatic N) is 4. The Labute approximate surface area is 142 Å². The maximum absolute atomic E-state index is 13.9. The van der Waals surface area contributed by atoms with Gasteiger partial charge in [-0.3, -0.25) is 14.9 Å². The van der Waals surface area contributed by atoms with Crippen molar-refractivity contribution in [3.05, 3.63) is 41.7 Å². The number of aromatic nitrogens is 3. The number of likely N-dealkylation sites (tertiary alicyclic amines) is 1. The van der Waals surface area contributed by atoms with Crippen LogP contribution in [0, 0.1) is 11.6 Å². The number of hydrogen-bond acceptors (Lipinski definition) is 4. The fourth-order valence-corrected chi connectivity index (χ4v) is 2.88. The summed E-state index contributed by atoms with van der Waals surface area (Å²) in [5, 5.41) is 6.47. The summed E-state index contributed by atoms with van der Waals surface area (Å²) in [5.74, 6) is -2.12. The van der Waals surface area contributed by atoms with Gasteiger partial charge in [0.15, 0.2) is 11.6 Å². The van der Waals surface area contributed by atoms with Gasteiger partial charge in [-0.05, 0) is 12.5 Å². The first-order valence-corrected chi connectivity index (χ1v) is 7.82. The van der Waals surface area contributed by atoms with Crippen LogP contribution >= 0.6 is 0 Å². The van der Waals surface area contributed by atoms with E-state index in [1.807, 2.05) is 0 Å². The number of amides is 2. The van der Waals surface area contributed by atoms with Crippen molar-refractivity contribution >= 4 is 17.8 Å². The van der Waals surface area contributed by atoms with E-state index in [0.29, 0.717) is 12.4 Å². The molecule has 1 saturated heterocycles. The molecule has 0 spiro atoms. The van der Waals surface area contributed by atoms with Gasteiger partial charge in [0.25, 0.3) is 0 Å². The zero-order chi connectivity index (χ0) is 18.0. The summed E-state index contributed by atoms with van der Waals surface area (Å²) >= 11 is 0. The number of anilines is 1. The number of rotatable bonds is 5. The second kappa shape index (κ2) is 6.96. The zero-order valence-electron chi connectivity index (χ0n) is 13.6. The van der Waals surface area contributed by atoms with Crippen molar-refractivity contribution in [1.82, 2.24) is 19.7 Å². The minimum atomic E-state index is -0.968. The van der Waals surface area contributed by atoms with Crippen LogP contribution in [0.1, 0.15) is 24.8 Å². The molecule has 0 aliphatic carbocycles. The second-order valence-corrected chi connectivity index (χ2v) is 5.89. The van der Waals surface area contributed by atoms with E-state index in [1.54, 1.807) is 7.05 Å². The number of hydrogen-bond donors (Lipinski definition) is 1. The number of aryl methyl sites for hydroxylation is 1. The highest BCUT2D eigenvalue weighted by Crippen LogP contribution is 2.25. The molecule has 0 radical (unpaired) electrons. The van der Waals surface area contributed by atoms with E-state index in [1.165, 1.54) is 28.0 Å². The molecule has 2 aromatic rings. The van der Waals surface area contributed by atoms with E-state index in [-0.39, 0.29) is 42.8 Å². The first kappa shape index (κ1) is 17.0. The Morgan fingerprint density at radius 2 is 2.20 bits per heavy atom. The first-order chi connectivity index (χ1) is 12.0. The lowest BCUT2D eigenvalue weighted by atomic mass is 10.1. The highest BCUT2D eigenvalue weighted by molar-refractivity contribution is 5.90. The van der Waals surface area contributed by atoms with Crippen molar-refractivity contribution in [3.8, 4) is 0 Å². The van der Waals surface area contributed by atoms with Crippen molar-refractivity contribution in [3.63, 3.8) is 0 Å². The highest BCUT2D eigenvalue weighted by Gasteiger charge is 2.33.